The number of piperazine rings is 1. The average Bonchev–Trinajstić information content (AvgIpc) is 2.85. The lowest BCUT2D eigenvalue weighted by Gasteiger charge is -2.39. The number of carbonyl (C=O) groups excluding carboxylic acids is 2. The second-order valence-electron chi connectivity index (χ2n) is 9.16. The van der Waals surface area contributed by atoms with Gasteiger partial charge in [0.25, 0.3) is 0 Å². The molecule has 1 atom stereocenters. The molecule has 34 heavy (non-hydrogen) atoms. The number of rotatable bonds is 6. The summed E-state index contributed by atoms with van der Waals surface area (Å²) < 4.78 is 5.18. The van der Waals surface area contributed by atoms with Crippen LogP contribution in [0.4, 0.5) is 11.4 Å². The maximum absolute atomic E-state index is 12.7. The van der Waals surface area contributed by atoms with Gasteiger partial charge < -0.3 is 25.2 Å². The molecule has 0 spiro atoms. The summed E-state index contributed by atoms with van der Waals surface area (Å²) in [4.78, 5) is 32.2. The van der Waals surface area contributed by atoms with E-state index in [1.807, 2.05) is 0 Å². The second-order valence-corrected chi connectivity index (χ2v) is 9.16. The van der Waals surface area contributed by atoms with Crippen LogP contribution in [0.2, 0.25) is 0 Å². The summed E-state index contributed by atoms with van der Waals surface area (Å²) in [7, 11) is 5.83. The number of methoxy groups -OCH3 is 1. The number of benzene rings is 2. The number of aryl methyl sites for hydroxylation is 1. The third kappa shape index (κ3) is 5.69. The van der Waals surface area contributed by atoms with Crippen LogP contribution in [0.1, 0.15) is 23.6 Å². The Kier molecular flexibility index (Phi) is 7.70. The molecule has 1 fully saturated rings. The SMILES string of the molecule is COc1cccc(NC(=O)C(=O)NC[C@@H](c2ccc3c(c2)CCCN3C)N2CCN(C)CC2)c1. The number of nitrogens with zero attached hydrogens (tertiary/aromatic N) is 3. The Labute approximate surface area is 201 Å². The third-order valence-electron chi connectivity index (χ3n) is 6.81. The van der Waals surface area contributed by atoms with Gasteiger partial charge in [-0.05, 0) is 49.2 Å². The minimum absolute atomic E-state index is 0.0137. The van der Waals surface area contributed by atoms with Crippen LogP contribution in [0.3, 0.4) is 0 Å². The Morgan fingerprint density at radius 1 is 1.00 bits per heavy atom. The quantitative estimate of drug-likeness (QED) is 0.637. The summed E-state index contributed by atoms with van der Waals surface area (Å²) in [6.07, 6.45) is 2.21. The Bertz CT molecular complexity index is 1020. The lowest BCUT2D eigenvalue weighted by molar-refractivity contribution is -0.136. The Morgan fingerprint density at radius 2 is 1.79 bits per heavy atom. The minimum Gasteiger partial charge on any atom is -0.497 e. The van der Waals surface area contributed by atoms with E-state index in [1.165, 1.54) is 16.8 Å². The Hall–Kier alpha value is -3.10. The van der Waals surface area contributed by atoms with E-state index in [0.717, 1.165) is 45.6 Å². The van der Waals surface area contributed by atoms with Crippen LogP contribution in [-0.4, -0.2) is 82.1 Å². The zero-order valence-corrected chi connectivity index (χ0v) is 20.3. The van der Waals surface area contributed by atoms with Crippen molar-refractivity contribution < 1.29 is 14.3 Å². The molecule has 0 aromatic heterocycles. The summed E-state index contributed by atoms with van der Waals surface area (Å²) in [6, 6.07) is 13.6. The molecule has 8 heteroatoms. The van der Waals surface area contributed by atoms with Crippen molar-refractivity contribution in [1.29, 1.82) is 0 Å². The smallest absolute Gasteiger partial charge is 0.313 e. The van der Waals surface area contributed by atoms with Gasteiger partial charge >= 0.3 is 11.8 Å². The largest absolute Gasteiger partial charge is 0.497 e. The molecule has 0 unspecified atom stereocenters. The van der Waals surface area contributed by atoms with Crippen molar-refractivity contribution in [2.24, 2.45) is 0 Å². The molecular formula is C26H35N5O3. The number of fused-ring (bicyclic) bond motifs is 1. The van der Waals surface area contributed by atoms with Crippen LogP contribution in [0.25, 0.3) is 0 Å². The Morgan fingerprint density at radius 3 is 2.56 bits per heavy atom. The van der Waals surface area contributed by atoms with E-state index >= 15 is 0 Å². The fourth-order valence-electron chi connectivity index (χ4n) is 4.76. The highest BCUT2D eigenvalue weighted by Crippen LogP contribution is 2.31. The van der Waals surface area contributed by atoms with Crippen molar-refractivity contribution in [2.75, 3.05) is 70.7 Å². The van der Waals surface area contributed by atoms with Crippen molar-refractivity contribution in [2.45, 2.75) is 18.9 Å². The summed E-state index contributed by atoms with van der Waals surface area (Å²) in [5.74, 6) is -0.705. The van der Waals surface area contributed by atoms with Crippen LogP contribution in [-0.2, 0) is 16.0 Å². The predicted octanol–water partition coefficient (Wildman–Crippen LogP) is 2.12. The molecule has 182 valence electrons. The average molecular weight is 466 g/mol. The number of ether oxygens (including phenoxy) is 1. The van der Waals surface area contributed by atoms with Gasteiger partial charge in [0, 0.05) is 63.8 Å². The van der Waals surface area contributed by atoms with Crippen LogP contribution in [0.5, 0.6) is 5.75 Å². The van der Waals surface area contributed by atoms with Gasteiger partial charge in [-0.15, -0.1) is 0 Å². The number of anilines is 2. The van der Waals surface area contributed by atoms with E-state index in [4.69, 9.17) is 4.74 Å². The standard InChI is InChI=1S/C26H35N5O3/c1-29-12-14-31(15-13-29)24(20-9-10-23-19(16-20)6-5-11-30(23)2)18-27-25(32)26(33)28-21-7-4-8-22(17-21)34-3/h4,7-10,16-17,24H,5-6,11-15,18H2,1-3H3,(H,27,32)(H,28,33)/t24-/m0/s1. The summed E-state index contributed by atoms with van der Waals surface area (Å²) in [5, 5.41) is 5.53. The topological polar surface area (TPSA) is 77.1 Å². The van der Waals surface area contributed by atoms with Gasteiger partial charge in [-0.25, -0.2) is 0 Å². The highest BCUT2D eigenvalue weighted by molar-refractivity contribution is 6.39. The van der Waals surface area contributed by atoms with Crippen LogP contribution >= 0.6 is 0 Å². The van der Waals surface area contributed by atoms with Crippen LogP contribution < -0.4 is 20.3 Å². The molecule has 2 aromatic carbocycles. The van der Waals surface area contributed by atoms with E-state index < -0.39 is 11.8 Å². The van der Waals surface area contributed by atoms with E-state index in [2.05, 4.69) is 57.6 Å². The first-order valence-corrected chi connectivity index (χ1v) is 11.9. The highest BCUT2D eigenvalue weighted by Gasteiger charge is 2.27. The van der Waals surface area contributed by atoms with E-state index in [9.17, 15) is 9.59 Å². The molecule has 2 heterocycles. The molecule has 2 aromatic rings. The highest BCUT2D eigenvalue weighted by atomic mass is 16.5. The third-order valence-corrected chi connectivity index (χ3v) is 6.81. The molecule has 0 aliphatic carbocycles. The van der Waals surface area contributed by atoms with Gasteiger partial charge in [0.05, 0.1) is 13.2 Å². The van der Waals surface area contributed by atoms with E-state index in [0.29, 0.717) is 18.0 Å². The number of nitrogens with one attached hydrogen (secondary N) is 2. The van der Waals surface area contributed by atoms with Gasteiger partial charge in [0.1, 0.15) is 5.75 Å². The second kappa shape index (κ2) is 10.9. The lowest BCUT2D eigenvalue weighted by atomic mass is 9.95. The summed E-state index contributed by atoms with van der Waals surface area (Å²) in [6.45, 7) is 5.26. The maximum Gasteiger partial charge on any atom is 0.313 e. The minimum atomic E-state index is -0.683. The van der Waals surface area contributed by atoms with E-state index in [-0.39, 0.29) is 6.04 Å². The van der Waals surface area contributed by atoms with Gasteiger partial charge in [0.15, 0.2) is 0 Å². The normalized spacial score (nSPS) is 17.6. The molecule has 1 saturated heterocycles. The maximum atomic E-state index is 12.7. The first-order chi connectivity index (χ1) is 16.4. The number of carbonyl (C=O) groups is 2. The molecule has 2 aliphatic rings. The Balaban J connectivity index is 1.46. The zero-order chi connectivity index (χ0) is 24.1. The molecule has 2 aliphatic heterocycles. The van der Waals surface area contributed by atoms with Crippen molar-refractivity contribution in [1.82, 2.24) is 15.1 Å². The van der Waals surface area contributed by atoms with Crippen molar-refractivity contribution in [3.8, 4) is 5.75 Å². The fraction of sp³-hybridized carbons (Fsp3) is 0.462. The van der Waals surface area contributed by atoms with Crippen LogP contribution in [0, 0.1) is 0 Å². The molecule has 0 radical (unpaired) electrons. The number of amides is 2. The van der Waals surface area contributed by atoms with Crippen molar-refractivity contribution in [3.05, 3.63) is 53.6 Å². The van der Waals surface area contributed by atoms with E-state index in [1.54, 1.807) is 31.4 Å². The zero-order valence-electron chi connectivity index (χ0n) is 20.3. The fourth-order valence-corrected chi connectivity index (χ4v) is 4.76. The lowest BCUT2D eigenvalue weighted by Crippen LogP contribution is -2.49. The molecule has 0 bridgehead atoms. The number of likely N-dealkylation sites (N-methyl/N-ethyl adjacent to an activating group) is 1. The van der Waals surface area contributed by atoms with Crippen LogP contribution in [0.15, 0.2) is 42.5 Å². The first kappa shape index (κ1) is 24.0. The predicted molar refractivity (Wildman–Crippen MR) is 134 cm³/mol. The molecule has 0 saturated carbocycles. The molecule has 8 nitrogen and oxygen atoms in total. The van der Waals surface area contributed by atoms with Gasteiger partial charge in [-0.2, -0.15) is 0 Å². The molecule has 4 rings (SSSR count). The summed E-state index contributed by atoms with van der Waals surface area (Å²) in [5.41, 5.74) is 4.35. The van der Waals surface area contributed by atoms with Gasteiger partial charge in [-0.3, -0.25) is 14.5 Å². The van der Waals surface area contributed by atoms with Gasteiger partial charge in [-0.1, -0.05) is 18.2 Å². The van der Waals surface area contributed by atoms with Crippen molar-refractivity contribution >= 4 is 23.2 Å². The number of hydrogen-bond acceptors (Lipinski definition) is 6. The number of hydrogen-bond donors (Lipinski definition) is 2. The monoisotopic (exact) mass is 465 g/mol. The molecular weight excluding hydrogens is 430 g/mol. The first-order valence-electron chi connectivity index (χ1n) is 11.9. The van der Waals surface area contributed by atoms with Crippen molar-refractivity contribution in [3.63, 3.8) is 0 Å². The summed E-state index contributed by atoms with van der Waals surface area (Å²) >= 11 is 0. The molecule has 2 amide bonds. The van der Waals surface area contributed by atoms with Gasteiger partial charge in [0.2, 0.25) is 0 Å². The molecule has 2 N–H and O–H groups in total.